The van der Waals surface area contributed by atoms with Crippen LogP contribution >= 0.6 is 0 Å². The fourth-order valence-electron chi connectivity index (χ4n) is 2.73. The van der Waals surface area contributed by atoms with Crippen LogP contribution in [0.15, 0.2) is 72.8 Å². The molecule has 0 saturated carbocycles. The van der Waals surface area contributed by atoms with Gasteiger partial charge in [0.1, 0.15) is 0 Å². The molecule has 3 rings (SSSR count). The minimum atomic E-state index is -0.405. The van der Waals surface area contributed by atoms with Crippen molar-refractivity contribution in [3.8, 4) is 0 Å². The number of esters is 1. The maximum absolute atomic E-state index is 12.4. The van der Waals surface area contributed by atoms with E-state index in [9.17, 15) is 9.59 Å². The van der Waals surface area contributed by atoms with Gasteiger partial charge in [-0.3, -0.25) is 4.79 Å². The molecule has 0 aliphatic heterocycles. The molecule has 0 heterocycles. The molecular weight excluding hydrogens is 326 g/mol. The molecule has 0 aliphatic rings. The smallest absolute Gasteiger partial charge is 0.330 e. The Kier molecular flexibility index (Phi) is 5.44. The highest BCUT2D eigenvalue weighted by atomic mass is 16.5. The number of carbonyl (C=O) groups is 2. The van der Waals surface area contributed by atoms with Gasteiger partial charge in [-0.15, -0.1) is 0 Å². The highest BCUT2D eigenvalue weighted by Crippen LogP contribution is 2.19. The molecule has 0 fully saturated rings. The zero-order chi connectivity index (χ0) is 18.4. The summed E-state index contributed by atoms with van der Waals surface area (Å²) in [6.07, 6.45) is 3.33. The quantitative estimate of drug-likeness (QED) is 0.557. The molecule has 4 heteroatoms. The second-order valence-electron chi connectivity index (χ2n) is 5.84. The Bertz CT molecular complexity index is 953. The standard InChI is InChI=1S/C22H19NO3/c1-26-22(25)14-11-16-9-12-19(13-10-16)23-21(24)15-18-7-4-6-17-5-2-3-8-20(17)18/h2-14H,15H2,1H3,(H,23,24). The molecule has 1 N–H and O–H groups in total. The van der Waals surface area contributed by atoms with Gasteiger partial charge < -0.3 is 10.1 Å². The predicted molar refractivity (Wildman–Crippen MR) is 104 cm³/mol. The number of ether oxygens (including phenoxy) is 1. The first-order valence-corrected chi connectivity index (χ1v) is 8.28. The summed E-state index contributed by atoms with van der Waals surface area (Å²) in [5.74, 6) is -0.475. The third-order valence-corrected chi connectivity index (χ3v) is 4.04. The van der Waals surface area contributed by atoms with E-state index >= 15 is 0 Å². The van der Waals surface area contributed by atoms with E-state index in [1.807, 2.05) is 54.6 Å². The third kappa shape index (κ3) is 4.36. The van der Waals surface area contributed by atoms with Gasteiger partial charge in [-0.1, -0.05) is 54.6 Å². The Morgan fingerprint density at radius 2 is 1.69 bits per heavy atom. The van der Waals surface area contributed by atoms with Crippen molar-refractivity contribution in [1.29, 1.82) is 0 Å². The number of carbonyl (C=O) groups excluding carboxylic acids is 2. The Balaban J connectivity index is 1.66. The molecule has 0 bridgehead atoms. The van der Waals surface area contributed by atoms with Crippen molar-refractivity contribution in [2.24, 2.45) is 0 Å². The van der Waals surface area contributed by atoms with Crippen LogP contribution in [0.2, 0.25) is 0 Å². The van der Waals surface area contributed by atoms with Crippen molar-refractivity contribution in [1.82, 2.24) is 0 Å². The van der Waals surface area contributed by atoms with E-state index < -0.39 is 5.97 Å². The predicted octanol–water partition coefficient (Wildman–Crippen LogP) is 4.21. The number of rotatable bonds is 5. The summed E-state index contributed by atoms with van der Waals surface area (Å²) in [5, 5.41) is 5.12. The number of nitrogens with one attached hydrogen (secondary N) is 1. The lowest BCUT2D eigenvalue weighted by Crippen LogP contribution is -2.14. The van der Waals surface area contributed by atoms with E-state index in [1.165, 1.54) is 13.2 Å². The molecule has 0 aromatic heterocycles. The summed E-state index contributed by atoms with van der Waals surface area (Å²) >= 11 is 0. The van der Waals surface area contributed by atoms with Gasteiger partial charge in [-0.05, 0) is 40.1 Å². The highest BCUT2D eigenvalue weighted by Gasteiger charge is 2.07. The van der Waals surface area contributed by atoms with Gasteiger partial charge in [0.05, 0.1) is 13.5 Å². The number of amides is 1. The minimum Gasteiger partial charge on any atom is -0.466 e. The van der Waals surface area contributed by atoms with Crippen molar-refractivity contribution in [2.45, 2.75) is 6.42 Å². The van der Waals surface area contributed by atoms with Crippen LogP contribution in [0.3, 0.4) is 0 Å². The van der Waals surface area contributed by atoms with E-state index in [0.717, 1.165) is 21.9 Å². The van der Waals surface area contributed by atoms with Gasteiger partial charge in [0.2, 0.25) is 5.91 Å². The summed E-state index contributed by atoms with van der Waals surface area (Å²) in [7, 11) is 1.33. The summed E-state index contributed by atoms with van der Waals surface area (Å²) in [5.41, 5.74) is 2.56. The Labute approximate surface area is 152 Å². The monoisotopic (exact) mass is 345 g/mol. The first kappa shape index (κ1) is 17.4. The molecule has 0 unspecified atom stereocenters. The average molecular weight is 345 g/mol. The number of anilines is 1. The van der Waals surface area contributed by atoms with Crippen LogP contribution in [0.1, 0.15) is 11.1 Å². The van der Waals surface area contributed by atoms with Crippen LogP contribution in [0.25, 0.3) is 16.8 Å². The highest BCUT2D eigenvalue weighted by molar-refractivity contribution is 5.96. The first-order valence-electron chi connectivity index (χ1n) is 8.28. The van der Waals surface area contributed by atoms with Crippen molar-refractivity contribution in [3.05, 3.63) is 83.9 Å². The molecule has 130 valence electrons. The largest absolute Gasteiger partial charge is 0.466 e. The second-order valence-corrected chi connectivity index (χ2v) is 5.84. The summed E-state index contributed by atoms with van der Waals surface area (Å²) in [6, 6.07) is 21.3. The number of benzene rings is 3. The maximum Gasteiger partial charge on any atom is 0.330 e. The van der Waals surface area contributed by atoms with Gasteiger partial charge >= 0.3 is 5.97 Å². The SMILES string of the molecule is COC(=O)C=Cc1ccc(NC(=O)Cc2cccc3ccccc23)cc1. The molecule has 0 saturated heterocycles. The normalized spacial score (nSPS) is 10.8. The minimum absolute atomic E-state index is 0.0702. The second kappa shape index (κ2) is 8.12. The number of fused-ring (bicyclic) bond motifs is 1. The zero-order valence-corrected chi connectivity index (χ0v) is 14.4. The van der Waals surface area contributed by atoms with Crippen LogP contribution in [0.5, 0.6) is 0 Å². The van der Waals surface area contributed by atoms with Crippen LogP contribution in [0.4, 0.5) is 5.69 Å². The Hall–Kier alpha value is -3.40. The van der Waals surface area contributed by atoms with Gasteiger partial charge in [0.25, 0.3) is 0 Å². The van der Waals surface area contributed by atoms with Gasteiger partial charge in [-0.25, -0.2) is 4.79 Å². The van der Waals surface area contributed by atoms with E-state index in [1.54, 1.807) is 18.2 Å². The van der Waals surface area contributed by atoms with Gasteiger partial charge in [0.15, 0.2) is 0 Å². The van der Waals surface area contributed by atoms with E-state index in [4.69, 9.17) is 0 Å². The Morgan fingerprint density at radius 1 is 0.962 bits per heavy atom. The van der Waals surface area contributed by atoms with E-state index in [-0.39, 0.29) is 5.91 Å². The van der Waals surface area contributed by atoms with Crippen molar-refractivity contribution in [2.75, 3.05) is 12.4 Å². The number of methoxy groups -OCH3 is 1. The van der Waals surface area contributed by atoms with Crippen LogP contribution in [-0.2, 0) is 20.7 Å². The maximum atomic E-state index is 12.4. The van der Waals surface area contributed by atoms with Crippen LogP contribution < -0.4 is 5.32 Å². The summed E-state index contributed by atoms with van der Waals surface area (Å²) < 4.78 is 4.55. The number of hydrogen-bond donors (Lipinski definition) is 1. The lowest BCUT2D eigenvalue weighted by molar-refractivity contribution is -0.134. The average Bonchev–Trinajstić information content (AvgIpc) is 2.67. The first-order chi connectivity index (χ1) is 12.7. The fourth-order valence-corrected chi connectivity index (χ4v) is 2.73. The summed E-state index contributed by atoms with van der Waals surface area (Å²) in [4.78, 5) is 23.5. The molecular formula is C22H19NO3. The lowest BCUT2D eigenvalue weighted by Gasteiger charge is -2.08. The van der Waals surface area contributed by atoms with Gasteiger partial charge in [0, 0.05) is 11.8 Å². The Morgan fingerprint density at radius 3 is 2.46 bits per heavy atom. The van der Waals surface area contributed by atoms with E-state index in [0.29, 0.717) is 12.1 Å². The van der Waals surface area contributed by atoms with Crippen LogP contribution in [0, 0.1) is 0 Å². The molecule has 0 aliphatic carbocycles. The third-order valence-electron chi connectivity index (χ3n) is 4.04. The molecule has 1 amide bonds. The van der Waals surface area contributed by atoms with Crippen molar-refractivity contribution in [3.63, 3.8) is 0 Å². The lowest BCUT2D eigenvalue weighted by atomic mass is 10.0. The van der Waals surface area contributed by atoms with Crippen molar-refractivity contribution < 1.29 is 14.3 Å². The molecule has 0 atom stereocenters. The zero-order valence-electron chi connectivity index (χ0n) is 14.4. The molecule has 3 aromatic rings. The van der Waals surface area contributed by atoms with Crippen molar-refractivity contribution >= 4 is 34.4 Å². The van der Waals surface area contributed by atoms with E-state index in [2.05, 4.69) is 10.1 Å². The molecule has 3 aromatic carbocycles. The molecule has 0 radical (unpaired) electrons. The molecule has 26 heavy (non-hydrogen) atoms. The van der Waals surface area contributed by atoms with Crippen LogP contribution in [-0.4, -0.2) is 19.0 Å². The molecule has 4 nitrogen and oxygen atoms in total. The number of hydrogen-bond acceptors (Lipinski definition) is 3. The van der Waals surface area contributed by atoms with Gasteiger partial charge in [-0.2, -0.15) is 0 Å². The molecule has 0 spiro atoms. The fraction of sp³-hybridized carbons (Fsp3) is 0.0909. The summed E-state index contributed by atoms with van der Waals surface area (Å²) in [6.45, 7) is 0. The topological polar surface area (TPSA) is 55.4 Å².